The van der Waals surface area contributed by atoms with Crippen LogP contribution in [-0.4, -0.2) is 29.4 Å². The van der Waals surface area contributed by atoms with Crippen molar-refractivity contribution in [2.75, 3.05) is 6.54 Å². The van der Waals surface area contributed by atoms with Gasteiger partial charge in [0.1, 0.15) is 6.04 Å². The van der Waals surface area contributed by atoms with Crippen LogP contribution in [-0.2, 0) is 11.2 Å². The fourth-order valence-corrected chi connectivity index (χ4v) is 2.20. The van der Waals surface area contributed by atoms with Crippen molar-refractivity contribution in [2.24, 2.45) is 5.92 Å². The van der Waals surface area contributed by atoms with Gasteiger partial charge in [-0.05, 0) is 24.8 Å². The Labute approximate surface area is 113 Å². The number of nitrogens with zero attached hydrogens (tertiary/aromatic N) is 1. The van der Waals surface area contributed by atoms with Crippen molar-refractivity contribution in [3.05, 3.63) is 35.4 Å². The van der Waals surface area contributed by atoms with Gasteiger partial charge in [0.25, 0.3) is 5.91 Å². The van der Waals surface area contributed by atoms with Crippen LogP contribution in [0.25, 0.3) is 0 Å². The molecule has 1 aromatic rings. The van der Waals surface area contributed by atoms with Gasteiger partial charge in [-0.3, -0.25) is 9.69 Å². The number of benzene rings is 1. The predicted octanol–water partition coefficient (Wildman–Crippen LogP) is 2.11. The number of urea groups is 1. The third-order valence-electron chi connectivity index (χ3n) is 3.47. The summed E-state index contributed by atoms with van der Waals surface area (Å²) in [6.45, 7) is 6.35. The molecule has 2 rings (SSSR count). The first-order valence-corrected chi connectivity index (χ1v) is 6.66. The highest BCUT2D eigenvalue weighted by atomic mass is 16.2. The molecule has 0 spiro atoms. The summed E-state index contributed by atoms with van der Waals surface area (Å²) < 4.78 is 0. The fraction of sp³-hybridized carbons (Fsp3) is 0.467. The second-order valence-electron chi connectivity index (χ2n) is 5.40. The maximum absolute atomic E-state index is 12.1. The molecule has 0 radical (unpaired) electrons. The summed E-state index contributed by atoms with van der Waals surface area (Å²) in [5.74, 6) is 0.0212. The van der Waals surface area contributed by atoms with Gasteiger partial charge in [0.05, 0.1) is 0 Å². The van der Waals surface area contributed by atoms with Crippen LogP contribution < -0.4 is 5.32 Å². The highest BCUT2D eigenvalue weighted by molar-refractivity contribution is 6.04. The van der Waals surface area contributed by atoms with E-state index < -0.39 is 0 Å². The second kappa shape index (κ2) is 5.43. The molecule has 102 valence electrons. The lowest BCUT2D eigenvalue weighted by molar-refractivity contribution is -0.128. The average Bonchev–Trinajstić information content (AvgIpc) is 2.65. The first-order chi connectivity index (χ1) is 8.99. The first-order valence-electron chi connectivity index (χ1n) is 6.66. The van der Waals surface area contributed by atoms with Crippen LogP contribution >= 0.6 is 0 Å². The lowest BCUT2D eigenvalue weighted by Gasteiger charge is -2.14. The zero-order chi connectivity index (χ0) is 14.0. The molecule has 0 aromatic heterocycles. The fourth-order valence-electron chi connectivity index (χ4n) is 2.20. The molecule has 4 heteroatoms. The molecule has 1 atom stereocenters. The summed E-state index contributed by atoms with van der Waals surface area (Å²) in [7, 11) is 0. The van der Waals surface area contributed by atoms with Gasteiger partial charge in [-0.15, -0.1) is 0 Å². The Bertz CT molecular complexity index is 479. The highest BCUT2D eigenvalue weighted by Gasteiger charge is 2.38. The van der Waals surface area contributed by atoms with Gasteiger partial charge >= 0.3 is 6.03 Å². The summed E-state index contributed by atoms with van der Waals surface area (Å²) in [6, 6.07) is 7.51. The molecule has 0 aliphatic carbocycles. The van der Waals surface area contributed by atoms with Crippen molar-refractivity contribution in [3.63, 3.8) is 0 Å². The van der Waals surface area contributed by atoms with Crippen molar-refractivity contribution in [3.8, 4) is 0 Å². The summed E-state index contributed by atoms with van der Waals surface area (Å²) in [5, 5.41) is 2.74. The first kappa shape index (κ1) is 13.6. The highest BCUT2D eigenvalue weighted by Crippen LogP contribution is 2.14. The Morgan fingerprint density at radius 3 is 2.37 bits per heavy atom. The largest absolute Gasteiger partial charge is 0.326 e. The smallest absolute Gasteiger partial charge is 0.324 e. The van der Waals surface area contributed by atoms with Crippen LogP contribution in [0.4, 0.5) is 4.79 Å². The average molecular weight is 260 g/mol. The van der Waals surface area contributed by atoms with Gasteiger partial charge < -0.3 is 5.32 Å². The molecular formula is C15H20N2O2. The van der Waals surface area contributed by atoms with E-state index in [1.165, 1.54) is 10.5 Å². The molecule has 19 heavy (non-hydrogen) atoms. The standard InChI is InChI=1S/C15H20N2O2/c1-10(2)13-14(18)17(15(19)16-13)9-8-12-6-4-11(3)5-7-12/h4-7,10,13H,8-9H2,1-3H3,(H,16,19)/t13-/m0/s1. The Balaban J connectivity index is 1.98. The van der Waals surface area contributed by atoms with E-state index in [4.69, 9.17) is 0 Å². The number of carbonyl (C=O) groups is 2. The van der Waals surface area contributed by atoms with Crippen molar-refractivity contribution >= 4 is 11.9 Å². The zero-order valence-electron chi connectivity index (χ0n) is 11.6. The second-order valence-corrected chi connectivity index (χ2v) is 5.40. The minimum atomic E-state index is -0.370. The minimum absolute atomic E-state index is 0.105. The van der Waals surface area contributed by atoms with Crippen molar-refractivity contribution < 1.29 is 9.59 Å². The van der Waals surface area contributed by atoms with E-state index in [2.05, 4.69) is 5.32 Å². The quantitative estimate of drug-likeness (QED) is 0.843. The summed E-state index contributed by atoms with van der Waals surface area (Å²) in [4.78, 5) is 25.2. The van der Waals surface area contributed by atoms with Crippen LogP contribution in [0, 0.1) is 12.8 Å². The maximum atomic E-state index is 12.1. The topological polar surface area (TPSA) is 49.4 Å². The molecule has 1 N–H and O–H groups in total. The zero-order valence-corrected chi connectivity index (χ0v) is 11.6. The predicted molar refractivity (Wildman–Crippen MR) is 73.8 cm³/mol. The van der Waals surface area contributed by atoms with Gasteiger partial charge in [0, 0.05) is 6.54 Å². The maximum Gasteiger partial charge on any atom is 0.324 e. The van der Waals surface area contributed by atoms with Crippen LogP contribution in [0.2, 0.25) is 0 Å². The van der Waals surface area contributed by atoms with E-state index in [-0.39, 0.29) is 23.9 Å². The number of amides is 3. The van der Waals surface area contributed by atoms with Crippen molar-refractivity contribution in [1.82, 2.24) is 10.2 Å². The molecular weight excluding hydrogens is 240 g/mol. The van der Waals surface area contributed by atoms with E-state index in [0.717, 1.165) is 5.56 Å². The molecule has 1 aliphatic heterocycles. The third kappa shape index (κ3) is 2.95. The van der Waals surface area contributed by atoms with E-state index in [1.807, 2.05) is 45.0 Å². The van der Waals surface area contributed by atoms with Gasteiger partial charge in [-0.25, -0.2) is 4.79 Å². The third-order valence-corrected chi connectivity index (χ3v) is 3.47. The monoisotopic (exact) mass is 260 g/mol. The lowest BCUT2D eigenvalue weighted by Crippen LogP contribution is -2.35. The number of nitrogens with one attached hydrogen (secondary N) is 1. The molecule has 1 saturated heterocycles. The Morgan fingerprint density at radius 1 is 1.21 bits per heavy atom. The summed E-state index contributed by atoms with van der Waals surface area (Å²) >= 11 is 0. The van der Waals surface area contributed by atoms with E-state index in [1.54, 1.807) is 0 Å². The number of carbonyl (C=O) groups excluding carboxylic acids is 2. The number of hydrogen-bond donors (Lipinski definition) is 1. The van der Waals surface area contributed by atoms with Crippen LogP contribution in [0.15, 0.2) is 24.3 Å². The molecule has 1 heterocycles. The molecule has 1 aromatic carbocycles. The molecule has 3 amide bonds. The van der Waals surface area contributed by atoms with E-state index in [0.29, 0.717) is 13.0 Å². The van der Waals surface area contributed by atoms with Gasteiger partial charge in [0.2, 0.25) is 0 Å². The number of rotatable bonds is 4. The van der Waals surface area contributed by atoms with E-state index in [9.17, 15) is 9.59 Å². The van der Waals surface area contributed by atoms with Gasteiger partial charge in [-0.1, -0.05) is 43.7 Å². The van der Waals surface area contributed by atoms with Gasteiger partial charge in [-0.2, -0.15) is 0 Å². The number of hydrogen-bond acceptors (Lipinski definition) is 2. The Morgan fingerprint density at radius 2 is 1.84 bits per heavy atom. The molecule has 1 aliphatic rings. The van der Waals surface area contributed by atoms with E-state index >= 15 is 0 Å². The van der Waals surface area contributed by atoms with Crippen LogP contribution in [0.3, 0.4) is 0 Å². The molecule has 1 fully saturated rings. The molecule has 0 bridgehead atoms. The van der Waals surface area contributed by atoms with Gasteiger partial charge in [0.15, 0.2) is 0 Å². The molecule has 0 unspecified atom stereocenters. The normalized spacial score (nSPS) is 19.2. The summed E-state index contributed by atoms with van der Waals surface area (Å²) in [5.41, 5.74) is 2.35. The number of aryl methyl sites for hydroxylation is 1. The molecule has 4 nitrogen and oxygen atoms in total. The Hall–Kier alpha value is -1.84. The van der Waals surface area contributed by atoms with Crippen LogP contribution in [0.1, 0.15) is 25.0 Å². The lowest BCUT2D eigenvalue weighted by atomic mass is 10.0. The Kier molecular flexibility index (Phi) is 3.88. The van der Waals surface area contributed by atoms with Crippen molar-refractivity contribution in [1.29, 1.82) is 0 Å². The SMILES string of the molecule is Cc1ccc(CCN2C(=O)N[C@@H](C(C)C)C2=O)cc1. The summed E-state index contributed by atoms with van der Waals surface area (Å²) in [6.07, 6.45) is 0.699. The van der Waals surface area contributed by atoms with Crippen LogP contribution in [0.5, 0.6) is 0 Å². The minimum Gasteiger partial charge on any atom is -0.326 e. The number of imide groups is 1. The van der Waals surface area contributed by atoms with Crippen molar-refractivity contribution in [2.45, 2.75) is 33.2 Å². The molecule has 0 saturated carbocycles.